The van der Waals surface area contributed by atoms with Gasteiger partial charge in [-0.3, -0.25) is 4.79 Å². The van der Waals surface area contributed by atoms with Crippen molar-refractivity contribution >= 4 is 5.91 Å². The van der Waals surface area contributed by atoms with Crippen LogP contribution in [-0.2, 0) is 9.57 Å². The van der Waals surface area contributed by atoms with Gasteiger partial charge in [0.2, 0.25) is 0 Å². The van der Waals surface area contributed by atoms with Gasteiger partial charge in [-0.05, 0) is 37.1 Å². The van der Waals surface area contributed by atoms with Crippen molar-refractivity contribution in [1.29, 1.82) is 0 Å². The van der Waals surface area contributed by atoms with Crippen molar-refractivity contribution in [3.05, 3.63) is 35.4 Å². The number of carbonyl (C=O) groups excluding carboxylic acids is 1. The third-order valence-corrected chi connectivity index (χ3v) is 2.73. The number of nitrogens with one attached hydrogen (secondary N) is 1. The molecule has 0 bridgehead atoms. The van der Waals surface area contributed by atoms with E-state index in [1.807, 2.05) is 0 Å². The van der Waals surface area contributed by atoms with Gasteiger partial charge in [0, 0.05) is 24.2 Å². The summed E-state index contributed by atoms with van der Waals surface area (Å²) in [5.41, 5.74) is 3.63. The van der Waals surface area contributed by atoms with E-state index in [2.05, 4.69) is 11.4 Å². The summed E-state index contributed by atoms with van der Waals surface area (Å²) in [6.45, 7) is 0.678. The minimum Gasteiger partial charge on any atom is -0.350 e. The number of hydrogen-bond acceptors (Lipinski definition) is 3. The molecule has 0 aromatic heterocycles. The first-order chi connectivity index (χ1) is 8.79. The first kappa shape index (κ1) is 12.6. The second kappa shape index (κ2) is 6.20. The molecule has 1 atom stereocenters. The van der Waals surface area contributed by atoms with E-state index < -0.39 is 0 Å². The quantitative estimate of drug-likeness (QED) is 0.653. The predicted octanol–water partition coefficient (Wildman–Crippen LogP) is 1.86. The molecule has 94 valence electrons. The Labute approximate surface area is 106 Å². The summed E-state index contributed by atoms with van der Waals surface area (Å²) in [5.74, 6) is 2.20. The molecule has 18 heavy (non-hydrogen) atoms. The highest BCUT2D eigenvalue weighted by molar-refractivity contribution is 5.93. The van der Waals surface area contributed by atoms with Crippen molar-refractivity contribution in [3.8, 4) is 12.3 Å². The topological polar surface area (TPSA) is 47.6 Å². The van der Waals surface area contributed by atoms with E-state index in [0.29, 0.717) is 12.2 Å². The number of hydrogen-bond donors (Lipinski definition) is 1. The summed E-state index contributed by atoms with van der Waals surface area (Å²) in [7, 11) is 0. The van der Waals surface area contributed by atoms with E-state index in [9.17, 15) is 4.79 Å². The Morgan fingerprint density at radius 2 is 2.17 bits per heavy atom. The van der Waals surface area contributed by atoms with E-state index in [0.717, 1.165) is 24.8 Å². The Morgan fingerprint density at radius 3 is 2.78 bits per heavy atom. The Hall–Kier alpha value is -1.83. The van der Waals surface area contributed by atoms with Crippen LogP contribution in [0.4, 0.5) is 0 Å². The molecule has 1 saturated heterocycles. The largest absolute Gasteiger partial charge is 0.350 e. The highest BCUT2D eigenvalue weighted by Crippen LogP contribution is 2.12. The average Bonchev–Trinajstić information content (AvgIpc) is 2.46. The monoisotopic (exact) mass is 245 g/mol. The molecule has 4 heteroatoms. The summed E-state index contributed by atoms with van der Waals surface area (Å²) >= 11 is 0. The molecular formula is C14H15NO3. The van der Waals surface area contributed by atoms with Gasteiger partial charge in [-0.2, -0.15) is 0 Å². The normalized spacial score (nSPS) is 18.9. The number of terminal acetylenes is 1. The summed E-state index contributed by atoms with van der Waals surface area (Å²) in [6, 6.07) is 6.75. The zero-order valence-corrected chi connectivity index (χ0v) is 10.0. The van der Waals surface area contributed by atoms with Crippen molar-refractivity contribution in [2.75, 3.05) is 6.61 Å². The van der Waals surface area contributed by atoms with E-state index in [1.165, 1.54) is 0 Å². The van der Waals surface area contributed by atoms with E-state index in [-0.39, 0.29) is 12.2 Å². The van der Waals surface area contributed by atoms with Crippen molar-refractivity contribution < 1.29 is 14.4 Å². The lowest BCUT2D eigenvalue weighted by molar-refractivity contribution is -0.186. The number of benzene rings is 1. The fourth-order valence-corrected chi connectivity index (χ4v) is 1.70. The van der Waals surface area contributed by atoms with Crippen LogP contribution in [0.5, 0.6) is 0 Å². The molecule has 0 radical (unpaired) electrons. The highest BCUT2D eigenvalue weighted by atomic mass is 16.8. The fraction of sp³-hybridized carbons (Fsp3) is 0.357. The van der Waals surface area contributed by atoms with Gasteiger partial charge in [0.05, 0.1) is 0 Å². The van der Waals surface area contributed by atoms with Gasteiger partial charge in [-0.1, -0.05) is 5.92 Å². The highest BCUT2D eigenvalue weighted by Gasteiger charge is 2.16. The molecule has 0 saturated carbocycles. The van der Waals surface area contributed by atoms with Gasteiger partial charge in [0.25, 0.3) is 5.91 Å². The van der Waals surface area contributed by atoms with E-state index >= 15 is 0 Å². The summed E-state index contributed by atoms with van der Waals surface area (Å²) in [4.78, 5) is 16.9. The maximum Gasteiger partial charge on any atom is 0.274 e. The van der Waals surface area contributed by atoms with Crippen LogP contribution in [-0.4, -0.2) is 18.8 Å². The zero-order chi connectivity index (χ0) is 12.8. The molecule has 1 aliphatic heterocycles. The molecule has 0 spiro atoms. The van der Waals surface area contributed by atoms with Crippen LogP contribution in [0.15, 0.2) is 24.3 Å². The standard InChI is InChI=1S/C14H15NO3/c1-2-11-6-8-12(9-7-11)14(16)15-18-13-5-3-4-10-17-13/h1,6-9,13H,3-5,10H2,(H,15,16). The van der Waals surface area contributed by atoms with Gasteiger partial charge in [0.15, 0.2) is 6.29 Å². The fourth-order valence-electron chi connectivity index (χ4n) is 1.70. The molecule has 1 heterocycles. The molecule has 2 rings (SSSR count). The molecule has 1 aliphatic rings. The van der Waals surface area contributed by atoms with Crippen molar-refractivity contribution in [1.82, 2.24) is 5.48 Å². The number of amides is 1. The van der Waals surface area contributed by atoms with Crippen LogP contribution >= 0.6 is 0 Å². The molecule has 1 unspecified atom stereocenters. The summed E-state index contributed by atoms with van der Waals surface area (Å²) in [5, 5.41) is 0. The number of ether oxygens (including phenoxy) is 1. The third kappa shape index (κ3) is 3.33. The first-order valence-corrected chi connectivity index (χ1v) is 5.94. The van der Waals surface area contributed by atoms with Gasteiger partial charge < -0.3 is 4.74 Å². The van der Waals surface area contributed by atoms with Gasteiger partial charge in [-0.15, -0.1) is 6.42 Å². The number of hydroxylamine groups is 1. The minimum atomic E-state index is -0.340. The first-order valence-electron chi connectivity index (χ1n) is 5.94. The van der Waals surface area contributed by atoms with Crippen LogP contribution in [0.3, 0.4) is 0 Å². The molecule has 1 N–H and O–H groups in total. The molecule has 0 aliphatic carbocycles. The van der Waals surface area contributed by atoms with Crippen LogP contribution in [0.2, 0.25) is 0 Å². The predicted molar refractivity (Wildman–Crippen MR) is 66.5 cm³/mol. The van der Waals surface area contributed by atoms with Gasteiger partial charge in [0.1, 0.15) is 0 Å². The Balaban J connectivity index is 1.85. The molecular weight excluding hydrogens is 230 g/mol. The third-order valence-electron chi connectivity index (χ3n) is 2.73. The second-order valence-electron chi connectivity index (χ2n) is 4.07. The number of carbonyl (C=O) groups is 1. The van der Waals surface area contributed by atoms with Crippen molar-refractivity contribution in [2.45, 2.75) is 25.6 Å². The molecule has 1 aromatic rings. The van der Waals surface area contributed by atoms with Gasteiger partial charge >= 0.3 is 0 Å². The van der Waals surface area contributed by atoms with Gasteiger partial charge in [-0.25, -0.2) is 10.3 Å². The lowest BCUT2D eigenvalue weighted by Crippen LogP contribution is -2.33. The maximum atomic E-state index is 11.7. The molecule has 4 nitrogen and oxygen atoms in total. The van der Waals surface area contributed by atoms with Crippen LogP contribution < -0.4 is 5.48 Å². The Kier molecular flexibility index (Phi) is 4.35. The smallest absolute Gasteiger partial charge is 0.274 e. The van der Waals surface area contributed by atoms with Crippen molar-refractivity contribution in [2.24, 2.45) is 0 Å². The maximum absolute atomic E-state index is 11.7. The Morgan fingerprint density at radius 1 is 1.39 bits per heavy atom. The SMILES string of the molecule is C#Cc1ccc(C(=O)NOC2CCCCO2)cc1. The van der Waals surface area contributed by atoms with Crippen LogP contribution in [0.25, 0.3) is 0 Å². The second-order valence-corrected chi connectivity index (χ2v) is 4.07. The van der Waals surface area contributed by atoms with Crippen LogP contribution in [0.1, 0.15) is 35.2 Å². The Bertz CT molecular complexity index is 441. The molecule has 1 aromatic carbocycles. The average molecular weight is 245 g/mol. The lowest BCUT2D eigenvalue weighted by atomic mass is 10.1. The summed E-state index contributed by atoms with van der Waals surface area (Å²) < 4.78 is 5.34. The zero-order valence-electron chi connectivity index (χ0n) is 10.0. The van der Waals surface area contributed by atoms with E-state index in [4.69, 9.17) is 16.0 Å². The van der Waals surface area contributed by atoms with Crippen molar-refractivity contribution in [3.63, 3.8) is 0 Å². The van der Waals surface area contributed by atoms with Crippen LogP contribution in [0, 0.1) is 12.3 Å². The molecule has 1 amide bonds. The number of rotatable bonds is 3. The summed E-state index contributed by atoms with van der Waals surface area (Å²) in [6.07, 6.45) is 7.80. The molecule has 1 fully saturated rings. The van der Waals surface area contributed by atoms with E-state index in [1.54, 1.807) is 24.3 Å². The lowest BCUT2D eigenvalue weighted by Gasteiger charge is -2.22. The minimum absolute atomic E-state index is 0.298.